The van der Waals surface area contributed by atoms with Gasteiger partial charge in [-0.3, -0.25) is 0 Å². The van der Waals surface area contributed by atoms with Crippen LogP contribution in [0.2, 0.25) is 0 Å². The Morgan fingerprint density at radius 3 is 1.25 bits per heavy atom. The van der Waals surface area contributed by atoms with Gasteiger partial charge in [-0.2, -0.15) is 0 Å². The van der Waals surface area contributed by atoms with Gasteiger partial charge in [-0.1, -0.05) is 0 Å². The first kappa shape index (κ1) is 9.28. The fourth-order valence-corrected chi connectivity index (χ4v) is 9.88. The molecule has 2 heterocycles. The number of hydrogen-bond donors (Lipinski definition) is 0. The molecule has 12 heavy (non-hydrogen) atoms. The van der Waals surface area contributed by atoms with Gasteiger partial charge in [0.25, 0.3) is 0 Å². The Morgan fingerprint density at radius 2 is 0.917 bits per heavy atom. The van der Waals surface area contributed by atoms with Crippen molar-refractivity contribution in [2.75, 3.05) is 24.6 Å². The monoisotopic (exact) mass is 206 g/mol. The van der Waals surface area contributed by atoms with Crippen LogP contribution in [0.1, 0.15) is 38.5 Å². The molecule has 0 aliphatic carbocycles. The average Bonchev–Trinajstić information content (AvgIpc) is 2.05. The van der Waals surface area contributed by atoms with E-state index in [-0.39, 0.29) is 0 Å². The van der Waals surface area contributed by atoms with E-state index in [2.05, 4.69) is 0 Å². The molecule has 2 rings (SSSR count). The topological polar surface area (TPSA) is 0 Å². The number of halogens is 1. The summed E-state index contributed by atoms with van der Waals surface area (Å²) in [6.07, 6.45) is 14.3. The van der Waals surface area contributed by atoms with Crippen LogP contribution in [0, 0.1) is 0 Å². The van der Waals surface area contributed by atoms with Crippen LogP contribution in [-0.4, -0.2) is 24.6 Å². The number of hydrogen-bond acceptors (Lipinski definition) is 0. The summed E-state index contributed by atoms with van der Waals surface area (Å²) in [5.41, 5.74) is 0. The molecule has 72 valence electrons. The van der Waals surface area contributed by atoms with Gasteiger partial charge in [0.2, 0.25) is 0 Å². The van der Waals surface area contributed by atoms with Crippen molar-refractivity contribution in [3.8, 4) is 0 Å². The quantitative estimate of drug-likeness (QED) is 0.525. The van der Waals surface area contributed by atoms with Crippen molar-refractivity contribution in [2.45, 2.75) is 38.5 Å². The molecule has 2 heteroatoms. The summed E-state index contributed by atoms with van der Waals surface area (Å²) in [6, 6.07) is 0. The summed E-state index contributed by atoms with van der Waals surface area (Å²) in [7, 11) is 0. The summed E-state index contributed by atoms with van der Waals surface area (Å²) in [4.78, 5) is 0. The Morgan fingerprint density at radius 1 is 0.583 bits per heavy atom. The minimum absolute atomic E-state index is 1.42. The zero-order valence-corrected chi connectivity index (χ0v) is 9.55. The molecule has 0 amide bonds. The van der Waals surface area contributed by atoms with Crippen LogP contribution in [-0.2, 0) is 0 Å². The van der Waals surface area contributed by atoms with Gasteiger partial charge in [-0.15, -0.1) is 0 Å². The first-order chi connectivity index (χ1) is 5.71. The molecule has 0 radical (unpaired) electrons. The molecule has 0 aromatic carbocycles. The standard InChI is InChI=1S/C10H20ClP/c11-12(7-3-1-4-8-12)9-5-2-6-10-12/h1-10H2. The molecule has 2 aliphatic rings. The molecular formula is C10H20ClP. The van der Waals surface area contributed by atoms with Crippen LogP contribution >= 0.6 is 17.2 Å². The second-order valence-corrected chi connectivity index (χ2v) is 13.1. The van der Waals surface area contributed by atoms with Crippen molar-refractivity contribution in [1.29, 1.82) is 0 Å². The maximum atomic E-state index is 7.00. The summed E-state index contributed by atoms with van der Waals surface area (Å²) in [5.74, 6) is -1.56. The Balaban J connectivity index is 2.11. The van der Waals surface area contributed by atoms with Crippen LogP contribution in [0.15, 0.2) is 0 Å². The SMILES string of the molecule is ClP12(CCCCC1)CCCCC2. The van der Waals surface area contributed by atoms with Crippen molar-refractivity contribution < 1.29 is 0 Å². The van der Waals surface area contributed by atoms with Gasteiger partial charge in [0, 0.05) is 0 Å². The molecule has 2 aliphatic heterocycles. The second kappa shape index (κ2) is 3.14. The third-order valence-corrected chi connectivity index (χ3v) is 11.6. The van der Waals surface area contributed by atoms with Crippen molar-refractivity contribution in [1.82, 2.24) is 0 Å². The molecule has 2 fully saturated rings. The molecular weight excluding hydrogens is 187 g/mol. The van der Waals surface area contributed by atoms with Crippen LogP contribution in [0.25, 0.3) is 0 Å². The van der Waals surface area contributed by atoms with Gasteiger partial charge in [0.05, 0.1) is 0 Å². The van der Waals surface area contributed by atoms with Crippen molar-refractivity contribution in [2.24, 2.45) is 0 Å². The summed E-state index contributed by atoms with van der Waals surface area (Å²) < 4.78 is 0. The van der Waals surface area contributed by atoms with E-state index in [1.165, 1.54) is 63.2 Å². The van der Waals surface area contributed by atoms with Crippen molar-refractivity contribution >= 4 is 17.2 Å². The molecule has 0 aromatic heterocycles. The molecule has 0 unspecified atom stereocenters. The van der Waals surface area contributed by atoms with Gasteiger partial charge in [0.1, 0.15) is 0 Å². The van der Waals surface area contributed by atoms with E-state index in [1.807, 2.05) is 0 Å². The predicted molar refractivity (Wildman–Crippen MR) is 59.9 cm³/mol. The van der Waals surface area contributed by atoms with Gasteiger partial charge >= 0.3 is 80.4 Å². The van der Waals surface area contributed by atoms with E-state index in [0.717, 1.165) is 0 Å². The zero-order valence-electron chi connectivity index (χ0n) is 7.90. The van der Waals surface area contributed by atoms with Crippen molar-refractivity contribution in [3.05, 3.63) is 0 Å². The van der Waals surface area contributed by atoms with E-state index in [4.69, 9.17) is 11.2 Å². The van der Waals surface area contributed by atoms with E-state index < -0.39 is 5.96 Å². The summed E-state index contributed by atoms with van der Waals surface area (Å²) in [5, 5.41) is 0. The molecule has 0 aromatic rings. The van der Waals surface area contributed by atoms with Crippen LogP contribution in [0.3, 0.4) is 0 Å². The molecule has 0 nitrogen and oxygen atoms in total. The Bertz CT molecular complexity index is 141. The van der Waals surface area contributed by atoms with E-state index in [1.54, 1.807) is 0 Å². The van der Waals surface area contributed by atoms with E-state index in [9.17, 15) is 0 Å². The van der Waals surface area contributed by atoms with Gasteiger partial charge in [0.15, 0.2) is 0 Å². The van der Waals surface area contributed by atoms with Gasteiger partial charge in [-0.25, -0.2) is 0 Å². The molecule has 2 saturated heterocycles. The molecule has 0 N–H and O–H groups in total. The molecule has 1 spiro atoms. The Hall–Kier alpha value is 0.720. The molecule has 0 saturated carbocycles. The van der Waals surface area contributed by atoms with Gasteiger partial charge in [-0.05, 0) is 0 Å². The van der Waals surface area contributed by atoms with Crippen LogP contribution < -0.4 is 0 Å². The fourth-order valence-electron chi connectivity index (χ4n) is 3.05. The molecule has 0 bridgehead atoms. The molecule has 0 atom stereocenters. The third kappa shape index (κ3) is 1.66. The summed E-state index contributed by atoms with van der Waals surface area (Å²) in [6.45, 7) is 0. The van der Waals surface area contributed by atoms with E-state index >= 15 is 0 Å². The first-order valence-electron chi connectivity index (χ1n) is 5.43. The van der Waals surface area contributed by atoms with Crippen LogP contribution in [0.5, 0.6) is 0 Å². The second-order valence-electron chi connectivity index (χ2n) is 4.84. The van der Waals surface area contributed by atoms with Crippen LogP contribution in [0.4, 0.5) is 0 Å². The minimum atomic E-state index is -1.56. The van der Waals surface area contributed by atoms with Gasteiger partial charge < -0.3 is 0 Å². The Labute approximate surface area is 80.8 Å². The summed E-state index contributed by atoms with van der Waals surface area (Å²) >= 11 is 7.00. The Kier molecular flexibility index (Phi) is 2.43. The fraction of sp³-hybridized carbons (Fsp3) is 1.00. The predicted octanol–water partition coefficient (Wildman–Crippen LogP) is 4.06. The average molecular weight is 207 g/mol. The maximum absolute atomic E-state index is 7.00. The zero-order chi connectivity index (χ0) is 8.52. The van der Waals surface area contributed by atoms with Crippen molar-refractivity contribution in [3.63, 3.8) is 0 Å². The van der Waals surface area contributed by atoms with E-state index in [0.29, 0.717) is 0 Å². The number of rotatable bonds is 0. The first-order valence-corrected chi connectivity index (χ1v) is 9.32. The third-order valence-electron chi connectivity index (χ3n) is 3.87. The normalized spacial score (nSPS) is 36.9.